The number of carbonyl (C=O) groups excluding carboxylic acids is 2. The van der Waals surface area contributed by atoms with E-state index < -0.39 is 0 Å². The molecule has 2 aliphatic heterocycles. The van der Waals surface area contributed by atoms with E-state index in [1.807, 2.05) is 12.1 Å². The van der Waals surface area contributed by atoms with Gasteiger partial charge < -0.3 is 15.4 Å². The van der Waals surface area contributed by atoms with Gasteiger partial charge in [-0.05, 0) is 24.5 Å². The van der Waals surface area contributed by atoms with E-state index in [4.69, 9.17) is 9.72 Å². The van der Waals surface area contributed by atoms with Crippen LogP contribution in [-0.4, -0.2) is 70.2 Å². The van der Waals surface area contributed by atoms with Crippen molar-refractivity contribution in [1.29, 1.82) is 0 Å². The van der Waals surface area contributed by atoms with Gasteiger partial charge in [-0.3, -0.25) is 19.8 Å². The summed E-state index contributed by atoms with van der Waals surface area (Å²) in [6.07, 6.45) is 5.71. The zero-order chi connectivity index (χ0) is 24.5. The smallest absolute Gasteiger partial charge is 0.254 e. The van der Waals surface area contributed by atoms with Crippen LogP contribution in [-0.2, 0) is 14.3 Å². The minimum atomic E-state index is -0.361. The monoisotopic (exact) mass is 487 g/mol. The zero-order valence-corrected chi connectivity index (χ0v) is 19.9. The number of imide groups is 1. The molecule has 10 nitrogen and oxygen atoms in total. The molecule has 6 rings (SSSR count). The molecule has 1 aliphatic carbocycles. The molecule has 3 aromatic rings. The van der Waals surface area contributed by atoms with Crippen molar-refractivity contribution in [3.05, 3.63) is 59.3 Å². The summed E-state index contributed by atoms with van der Waals surface area (Å²) in [6, 6.07) is 12.8. The molecule has 36 heavy (non-hydrogen) atoms. The second kappa shape index (κ2) is 9.71. The predicted molar refractivity (Wildman–Crippen MR) is 135 cm³/mol. The van der Waals surface area contributed by atoms with Crippen molar-refractivity contribution >= 4 is 35.2 Å². The molecule has 4 heterocycles. The first kappa shape index (κ1) is 22.7. The number of amides is 2. The number of aromatic nitrogens is 3. The maximum Gasteiger partial charge on any atom is 0.254 e. The SMILES string of the molecule is O=C1CC(=Cc2cnn3c(NC4CC4)cc(NC(CN4CCOCC4)c4ccccc4)nc23)C(=O)N1. The van der Waals surface area contributed by atoms with E-state index in [0.717, 1.165) is 57.3 Å². The van der Waals surface area contributed by atoms with Crippen molar-refractivity contribution in [1.82, 2.24) is 24.8 Å². The largest absolute Gasteiger partial charge is 0.379 e. The molecule has 2 saturated heterocycles. The number of nitrogens with zero attached hydrogens (tertiary/aromatic N) is 4. The Kier molecular flexibility index (Phi) is 6.12. The van der Waals surface area contributed by atoms with Crippen LogP contribution in [0.3, 0.4) is 0 Å². The molecule has 3 fully saturated rings. The zero-order valence-electron chi connectivity index (χ0n) is 19.9. The highest BCUT2D eigenvalue weighted by Gasteiger charge is 2.26. The number of nitrogens with one attached hydrogen (secondary N) is 3. The molecule has 0 bridgehead atoms. The third-order valence-electron chi connectivity index (χ3n) is 6.72. The molecule has 10 heteroatoms. The highest BCUT2D eigenvalue weighted by atomic mass is 16.5. The quantitative estimate of drug-likeness (QED) is 0.328. The Balaban J connectivity index is 1.36. The molecule has 3 N–H and O–H groups in total. The lowest BCUT2D eigenvalue weighted by molar-refractivity contribution is -0.124. The van der Waals surface area contributed by atoms with Gasteiger partial charge in [-0.1, -0.05) is 30.3 Å². The first-order chi connectivity index (χ1) is 17.6. The first-order valence-electron chi connectivity index (χ1n) is 12.4. The summed E-state index contributed by atoms with van der Waals surface area (Å²) in [5, 5.41) is 14.1. The number of ether oxygens (including phenoxy) is 1. The number of benzene rings is 1. The van der Waals surface area contributed by atoms with Crippen molar-refractivity contribution in [3.8, 4) is 0 Å². The van der Waals surface area contributed by atoms with Crippen molar-refractivity contribution in [2.75, 3.05) is 43.5 Å². The van der Waals surface area contributed by atoms with Gasteiger partial charge >= 0.3 is 0 Å². The molecule has 1 saturated carbocycles. The third kappa shape index (κ3) is 4.95. The topological polar surface area (TPSA) is 113 Å². The van der Waals surface area contributed by atoms with Gasteiger partial charge in [0.2, 0.25) is 5.91 Å². The van der Waals surface area contributed by atoms with E-state index in [0.29, 0.717) is 22.8 Å². The van der Waals surface area contributed by atoms with Crippen LogP contribution in [0.2, 0.25) is 0 Å². The van der Waals surface area contributed by atoms with Gasteiger partial charge in [0.05, 0.1) is 31.9 Å². The summed E-state index contributed by atoms with van der Waals surface area (Å²) < 4.78 is 7.31. The second-order valence-corrected chi connectivity index (χ2v) is 9.52. The number of anilines is 2. The Hall–Kier alpha value is -3.76. The van der Waals surface area contributed by atoms with Crippen LogP contribution in [0.15, 0.2) is 48.2 Å². The van der Waals surface area contributed by atoms with Crippen LogP contribution in [0.4, 0.5) is 11.6 Å². The number of morpholine rings is 1. The van der Waals surface area contributed by atoms with Crippen LogP contribution in [0.1, 0.15) is 36.4 Å². The molecule has 1 unspecified atom stereocenters. The summed E-state index contributed by atoms with van der Waals surface area (Å²) in [6.45, 7) is 4.10. The third-order valence-corrected chi connectivity index (χ3v) is 6.72. The highest BCUT2D eigenvalue weighted by molar-refractivity contribution is 6.15. The van der Waals surface area contributed by atoms with Crippen LogP contribution in [0.5, 0.6) is 0 Å². The Bertz CT molecular complexity index is 1310. The van der Waals surface area contributed by atoms with E-state index in [2.05, 4.69) is 50.2 Å². The summed E-state index contributed by atoms with van der Waals surface area (Å²) >= 11 is 0. The summed E-state index contributed by atoms with van der Waals surface area (Å²) in [7, 11) is 0. The van der Waals surface area contributed by atoms with Gasteiger partial charge in [-0.15, -0.1) is 0 Å². The minimum Gasteiger partial charge on any atom is -0.379 e. The lowest BCUT2D eigenvalue weighted by Crippen LogP contribution is -2.40. The average Bonchev–Trinajstić information content (AvgIpc) is 3.53. The molecule has 2 amide bonds. The molecular weight excluding hydrogens is 458 g/mol. The molecule has 2 aromatic heterocycles. The minimum absolute atomic E-state index is 0.0241. The molecule has 3 aliphatic rings. The predicted octanol–water partition coefficient (Wildman–Crippen LogP) is 2.22. The van der Waals surface area contributed by atoms with Crippen molar-refractivity contribution in [2.45, 2.75) is 31.3 Å². The van der Waals surface area contributed by atoms with E-state index in [1.165, 1.54) is 5.56 Å². The fraction of sp³-hybridized carbons (Fsp3) is 0.385. The average molecular weight is 488 g/mol. The van der Waals surface area contributed by atoms with Gasteiger partial charge in [-0.25, -0.2) is 4.98 Å². The number of rotatable bonds is 8. The Labute approximate surface area is 208 Å². The molecule has 186 valence electrons. The lowest BCUT2D eigenvalue weighted by Gasteiger charge is -2.31. The molecule has 1 aromatic carbocycles. The van der Waals surface area contributed by atoms with E-state index >= 15 is 0 Å². The van der Waals surface area contributed by atoms with Gasteiger partial charge in [-0.2, -0.15) is 9.61 Å². The normalized spacial score (nSPS) is 20.6. The van der Waals surface area contributed by atoms with Crippen LogP contribution in [0, 0.1) is 0 Å². The maximum absolute atomic E-state index is 12.1. The molecule has 0 spiro atoms. The Morgan fingerprint density at radius 1 is 1.17 bits per heavy atom. The van der Waals surface area contributed by atoms with Gasteiger partial charge in [0.1, 0.15) is 11.6 Å². The van der Waals surface area contributed by atoms with Crippen LogP contribution >= 0.6 is 0 Å². The Morgan fingerprint density at radius 2 is 1.97 bits per heavy atom. The summed E-state index contributed by atoms with van der Waals surface area (Å²) in [5.74, 6) is 0.919. The van der Waals surface area contributed by atoms with E-state index in [9.17, 15) is 9.59 Å². The van der Waals surface area contributed by atoms with Crippen molar-refractivity contribution in [3.63, 3.8) is 0 Å². The fourth-order valence-electron chi connectivity index (χ4n) is 4.64. The second-order valence-electron chi connectivity index (χ2n) is 9.52. The number of hydrogen-bond acceptors (Lipinski definition) is 8. The van der Waals surface area contributed by atoms with Gasteiger partial charge in [0.15, 0.2) is 5.65 Å². The van der Waals surface area contributed by atoms with Crippen LogP contribution in [0.25, 0.3) is 11.7 Å². The number of fused-ring (bicyclic) bond motifs is 1. The van der Waals surface area contributed by atoms with Crippen molar-refractivity contribution < 1.29 is 14.3 Å². The first-order valence-corrected chi connectivity index (χ1v) is 12.4. The molecule has 1 atom stereocenters. The van der Waals surface area contributed by atoms with E-state index in [-0.39, 0.29) is 24.3 Å². The number of hydrogen-bond donors (Lipinski definition) is 3. The Morgan fingerprint density at radius 3 is 2.69 bits per heavy atom. The summed E-state index contributed by atoms with van der Waals surface area (Å²) in [4.78, 5) is 31.1. The van der Waals surface area contributed by atoms with Crippen molar-refractivity contribution in [2.24, 2.45) is 0 Å². The standard InChI is InChI=1S/C26H29N7O3/c34-24-13-18(26(35)31-24)12-19-15-27-33-23(28-20-6-7-20)14-22(30-25(19)33)29-21(17-4-2-1-3-5-17)16-32-8-10-36-11-9-32/h1-5,12,14-15,20-21,28H,6-11,13,16H2,(H,29,30)(H,31,34,35). The molecule has 0 radical (unpaired) electrons. The lowest BCUT2D eigenvalue weighted by atomic mass is 10.1. The summed E-state index contributed by atoms with van der Waals surface area (Å²) in [5.41, 5.74) is 2.92. The molecular formula is C26H29N7O3. The fourth-order valence-corrected chi connectivity index (χ4v) is 4.64. The maximum atomic E-state index is 12.1. The number of carbonyl (C=O) groups is 2. The van der Waals surface area contributed by atoms with Gasteiger partial charge in [0, 0.05) is 42.9 Å². The van der Waals surface area contributed by atoms with E-state index in [1.54, 1.807) is 16.8 Å². The van der Waals surface area contributed by atoms with Gasteiger partial charge in [0.25, 0.3) is 5.91 Å². The highest BCUT2D eigenvalue weighted by Crippen LogP contribution is 2.29. The van der Waals surface area contributed by atoms with Crippen LogP contribution < -0.4 is 16.0 Å².